The van der Waals surface area contributed by atoms with E-state index < -0.39 is 0 Å². The molecule has 0 atom stereocenters. The predicted octanol–water partition coefficient (Wildman–Crippen LogP) is 2.52. The maximum atomic E-state index is 12.1. The van der Waals surface area contributed by atoms with E-state index in [0.29, 0.717) is 18.7 Å². The smallest absolute Gasteiger partial charge is 0.251 e. The molecule has 0 aliphatic rings. The highest BCUT2D eigenvalue weighted by molar-refractivity contribution is 5.94. The van der Waals surface area contributed by atoms with Crippen LogP contribution >= 0.6 is 0 Å². The number of aromatic nitrogens is 1. The largest absolute Gasteiger partial charge is 0.357 e. The summed E-state index contributed by atoms with van der Waals surface area (Å²) in [6.45, 7) is 6.81. The lowest BCUT2D eigenvalue weighted by Crippen LogP contribution is -2.38. The summed E-state index contributed by atoms with van der Waals surface area (Å²) in [4.78, 5) is 21.0. The van der Waals surface area contributed by atoms with Crippen molar-refractivity contribution in [1.82, 2.24) is 20.9 Å². The Morgan fingerprint density at radius 3 is 2.67 bits per heavy atom. The number of hydrogen-bond donors (Lipinski definition) is 3. The summed E-state index contributed by atoms with van der Waals surface area (Å²) in [5.41, 5.74) is 2.72. The molecule has 0 bridgehead atoms. The lowest BCUT2D eigenvalue weighted by Gasteiger charge is -2.11. The second-order valence-electron chi connectivity index (χ2n) is 6.15. The summed E-state index contributed by atoms with van der Waals surface area (Å²) < 4.78 is 0. The Bertz CT molecular complexity index is 730. The minimum absolute atomic E-state index is 0.0388. The lowest BCUT2D eigenvalue weighted by molar-refractivity contribution is 0.0953. The summed E-state index contributed by atoms with van der Waals surface area (Å²) in [5, 5.41) is 9.47. The molecular weight excluding hydrogens is 338 g/mol. The quantitative estimate of drug-likeness (QED) is 0.470. The monoisotopic (exact) mass is 367 g/mol. The zero-order valence-electron chi connectivity index (χ0n) is 16.2. The van der Waals surface area contributed by atoms with Crippen molar-refractivity contribution >= 4 is 11.9 Å². The minimum Gasteiger partial charge on any atom is -0.357 e. The normalized spacial score (nSPS) is 11.1. The SMILES string of the molecule is CCCNC(=O)c1cccc(CN=C(NCC)NCCc2ccccn2)c1. The van der Waals surface area contributed by atoms with Gasteiger partial charge in [-0.1, -0.05) is 25.1 Å². The Kier molecular flexibility index (Phi) is 8.83. The number of carbonyl (C=O) groups excluding carboxylic acids is 1. The van der Waals surface area contributed by atoms with Gasteiger partial charge in [0.25, 0.3) is 5.91 Å². The molecule has 3 N–H and O–H groups in total. The van der Waals surface area contributed by atoms with E-state index in [1.54, 1.807) is 6.20 Å². The Labute approximate surface area is 161 Å². The molecule has 6 heteroatoms. The van der Waals surface area contributed by atoms with Gasteiger partial charge in [-0.3, -0.25) is 9.78 Å². The molecule has 1 amide bonds. The van der Waals surface area contributed by atoms with E-state index in [-0.39, 0.29) is 5.91 Å². The Hall–Kier alpha value is -2.89. The third-order valence-electron chi connectivity index (χ3n) is 3.89. The summed E-state index contributed by atoms with van der Waals surface area (Å²) in [6.07, 6.45) is 3.56. The summed E-state index contributed by atoms with van der Waals surface area (Å²) in [5.74, 6) is 0.720. The van der Waals surface area contributed by atoms with Gasteiger partial charge in [-0.2, -0.15) is 0 Å². The number of guanidine groups is 1. The lowest BCUT2D eigenvalue weighted by atomic mass is 10.1. The maximum absolute atomic E-state index is 12.1. The molecule has 1 heterocycles. The summed E-state index contributed by atoms with van der Waals surface area (Å²) in [6, 6.07) is 13.5. The van der Waals surface area contributed by atoms with Gasteiger partial charge in [0, 0.05) is 43.5 Å². The molecule has 1 aromatic heterocycles. The van der Waals surface area contributed by atoms with Crippen molar-refractivity contribution in [1.29, 1.82) is 0 Å². The van der Waals surface area contributed by atoms with Gasteiger partial charge in [0.2, 0.25) is 0 Å². The van der Waals surface area contributed by atoms with E-state index in [2.05, 4.69) is 25.9 Å². The highest BCUT2D eigenvalue weighted by Crippen LogP contribution is 2.07. The summed E-state index contributed by atoms with van der Waals surface area (Å²) in [7, 11) is 0. The molecule has 0 spiro atoms. The van der Waals surface area contributed by atoms with E-state index in [9.17, 15) is 4.79 Å². The Balaban J connectivity index is 1.92. The van der Waals surface area contributed by atoms with Gasteiger partial charge in [0.15, 0.2) is 5.96 Å². The van der Waals surface area contributed by atoms with Crippen molar-refractivity contribution in [2.45, 2.75) is 33.2 Å². The number of rotatable bonds is 9. The highest BCUT2D eigenvalue weighted by Gasteiger charge is 2.05. The Morgan fingerprint density at radius 1 is 1.04 bits per heavy atom. The standard InChI is InChI=1S/C21H29N5O/c1-3-12-24-20(27)18-9-7-8-17(15-18)16-26-21(22-4-2)25-14-11-19-10-5-6-13-23-19/h5-10,13,15H,3-4,11-12,14,16H2,1-2H3,(H,24,27)(H2,22,25,26). The first-order valence-corrected chi connectivity index (χ1v) is 9.52. The number of aliphatic imine (C=N–C) groups is 1. The fourth-order valence-corrected chi connectivity index (χ4v) is 2.52. The second kappa shape index (κ2) is 11.7. The number of nitrogens with one attached hydrogen (secondary N) is 3. The third kappa shape index (κ3) is 7.48. The van der Waals surface area contributed by atoms with Crippen molar-refractivity contribution in [3.05, 3.63) is 65.5 Å². The van der Waals surface area contributed by atoms with Crippen molar-refractivity contribution in [3.8, 4) is 0 Å². The number of pyridine rings is 1. The van der Waals surface area contributed by atoms with E-state index in [0.717, 1.165) is 43.1 Å². The van der Waals surface area contributed by atoms with Crippen LogP contribution in [0.5, 0.6) is 0 Å². The van der Waals surface area contributed by atoms with E-state index in [1.807, 2.05) is 56.3 Å². The molecule has 0 aliphatic heterocycles. The second-order valence-corrected chi connectivity index (χ2v) is 6.15. The molecule has 0 unspecified atom stereocenters. The summed E-state index contributed by atoms with van der Waals surface area (Å²) >= 11 is 0. The van der Waals surface area contributed by atoms with Crippen LogP contribution in [0.1, 0.15) is 41.9 Å². The predicted molar refractivity (Wildman–Crippen MR) is 110 cm³/mol. The van der Waals surface area contributed by atoms with Crippen LogP contribution in [0.25, 0.3) is 0 Å². The topological polar surface area (TPSA) is 78.4 Å². The van der Waals surface area contributed by atoms with E-state index in [4.69, 9.17) is 0 Å². The number of nitrogens with zero attached hydrogens (tertiary/aromatic N) is 2. The molecule has 144 valence electrons. The number of benzene rings is 1. The first-order chi connectivity index (χ1) is 13.2. The first kappa shape index (κ1) is 20.4. The average molecular weight is 367 g/mol. The van der Waals surface area contributed by atoms with Crippen LogP contribution in [0.3, 0.4) is 0 Å². The van der Waals surface area contributed by atoms with Crippen LogP contribution < -0.4 is 16.0 Å². The molecule has 0 radical (unpaired) electrons. The fraction of sp³-hybridized carbons (Fsp3) is 0.381. The van der Waals surface area contributed by atoms with Gasteiger partial charge in [0.05, 0.1) is 6.54 Å². The molecule has 2 rings (SSSR count). The number of carbonyl (C=O) groups is 1. The molecule has 6 nitrogen and oxygen atoms in total. The van der Waals surface area contributed by atoms with Crippen LogP contribution in [0.4, 0.5) is 0 Å². The zero-order valence-corrected chi connectivity index (χ0v) is 16.2. The van der Waals surface area contributed by atoms with Gasteiger partial charge in [-0.15, -0.1) is 0 Å². The van der Waals surface area contributed by atoms with Crippen LogP contribution in [0.15, 0.2) is 53.7 Å². The van der Waals surface area contributed by atoms with E-state index in [1.165, 1.54) is 0 Å². The molecule has 0 saturated carbocycles. The van der Waals surface area contributed by atoms with Crippen molar-refractivity contribution in [2.75, 3.05) is 19.6 Å². The van der Waals surface area contributed by atoms with Crippen LogP contribution in [-0.2, 0) is 13.0 Å². The van der Waals surface area contributed by atoms with Crippen molar-refractivity contribution in [2.24, 2.45) is 4.99 Å². The molecule has 0 aliphatic carbocycles. The van der Waals surface area contributed by atoms with Crippen molar-refractivity contribution < 1.29 is 4.79 Å². The van der Waals surface area contributed by atoms with Gasteiger partial charge in [-0.25, -0.2) is 4.99 Å². The zero-order chi connectivity index (χ0) is 19.3. The van der Waals surface area contributed by atoms with Gasteiger partial charge in [0.1, 0.15) is 0 Å². The molecule has 0 saturated heterocycles. The fourth-order valence-electron chi connectivity index (χ4n) is 2.52. The molecule has 0 fully saturated rings. The van der Waals surface area contributed by atoms with Crippen molar-refractivity contribution in [3.63, 3.8) is 0 Å². The van der Waals surface area contributed by atoms with Crippen LogP contribution in [0.2, 0.25) is 0 Å². The van der Waals surface area contributed by atoms with E-state index >= 15 is 0 Å². The van der Waals surface area contributed by atoms with Crippen LogP contribution in [-0.4, -0.2) is 36.5 Å². The number of hydrogen-bond acceptors (Lipinski definition) is 3. The molecular formula is C21H29N5O. The Morgan fingerprint density at radius 2 is 1.93 bits per heavy atom. The number of amides is 1. The molecule has 2 aromatic rings. The first-order valence-electron chi connectivity index (χ1n) is 9.52. The van der Waals surface area contributed by atoms with Gasteiger partial charge in [-0.05, 0) is 43.2 Å². The molecule has 1 aromatic carbocycles. The maximum Gasteiger partial charge on any atom is 0.251 e. The average Bonchev–Trinajstić information content (AvgIpc) is 2.71. The minimum atomic E-state index is -0.0388. The van der Waals surface area contributed by atoms with Gasteiger partial charge >= 0.3 is 0 Å². The highest BCUT2D eigenvalue weighted by atomic mass is 16.1. The van der Waals surface area contributed by atoms with Crippen LogP contribution in [0, 0.1) is 0 Å². The molecule has 27 heavy (non-hydrogen) atoms. The third-order valence-corrected chi connectivity index (χ3v) is 3.89. The van der Waals surface area contributed by atoms with Gasteiger partial charge < -0.3 is 16.0 Å².